The van der Waals surface area contributed by atoms with Crippen molar-refractivity contribution in [3.8, 4) is 0 Å². The third kappa shape index (κ3) is 5.27. The molecule has 1 amide bonds. The lowest BCUT2D eigenvalue weighted by molar-refractivity contribution is -0.132. The normalized spacial score (nSPS) is 15.5. The Morgan fingerprint density at radius 3 is 2.40 bits per heavy atom. The van der Waals surface area contributed by atoms with Gasteiger partial charge in [-0.05, 0) is 51.0 Å². The zero-order valence-electron chi connectivity index (χ0n) is 18.1. The molecule has 9 heteroatoms. The lowest BCUT2D eigenvalue weighted by atomic mass is 10.1. The van der Waals surface area contributed by atoms with Crippen LogP contribution in [0.3, 0.4) is 0 Å². The van der Waals surface area contributed by atoms with Crippen molar-refractivity contribution in [2.45, 2.75) is 45.6 Å². The van der Waals surface area contributed by atoms with Gasteiger partial charge in [-0.3, -0.25) is 9.69 Å². The fourth-order valence-corrected chi connectivity index (χ4v) is 4.64. The quantitative estimate of drug-likeness (QED) is 0.715. The van der Waals surface area contributed by atoms with E-state index in [2.05, 4.69) is 14.8 Å². The van der Waals surface area contributed by atoms with Crippen molar-refractivity contribution < 1.29 is 17.7 Å². The molecule has 164 valence electrons. The maximum absolute atomic E-state index is 12.5. The monoisotopic (exact) mass is 434 g/mol. The Morgan fingerprint density at radius 1 is 1.10 bits per heavy atom. The molecule has 0 aliphatic carbocycles. The van der Waals surface area contributed by atoms with Gasteiger partial charge in [0.25, 0.3) is 0 Å². The Labute approximate surface area is 178 Å². The molecule has 1 fully saturated rings. The van der Waals surface area contributed by atoms with E-state index in [1.165, 1.54) is 0 Å². The van der Waals surface area contributed by atoms with Crippen LogP contribution in [0, 0.1) is 27.7 Å². The Kier molecular flexibility index (Phi) is 6.95. The molecule has 2 heterocycles. The van der Waals surface area contributed by atoms with Crippen molar-refractivity contribution in [1.82, 2.24) is 19.7 Å². The summed E-state index contributed by atoms with van der Waals surface area (Å²) in [5.74, 6) is 0.803. The molecule has 0 saturated carbocycles. The minimum atomic E-state index is -3.62. The summed E-state index contributed by atoms with van der Waals surface area (Å²) in [7, 11) is -3.62. The smallest absolute Gasteiger partial charge is 0.240 e. The number of hydrogen-bond acceptors (Lipinski definition) is 6. The minimum Gasteiger partial charge on any atom is -0.361 e. The number of carbonyl (C=O) groups excluding carboxylic acids is 1. The zero-order chi connectivity index (χ0) is 21.9. The number of amides is 1. The first-order valence-electron chi connectivity index (χ1n) is 10.2. The van der Waals surface area contributed by atoms with Gasteiger partial charge in [-0.2, -0.15) is 0 Å². The summed E-state index contributed by atoms with van der Waals surface area (Å²) >= 11 is 0. The van der Waals surface area contributed by atoms with Crippen molar-refractivity contribution in [3.63, 3.8) is 0 Å². The second kappa shape index (κ2) is 9.28. The second-order valence-corrected chi connectivity index (χ2v) is 9.62. The number of nitrogens with one attached hydrogen (secondary N) is 1. The van der Waals surface area contributed by atoms with E-state index in [9.17, 15) is 13.2 Å². The number of benzene rings is 1. The van der Waals surface area contributed by atoms with Crippen LogP contribution in [0.25, 0.3) is 0 Å². The number of piperazine rings is 1. The first kappa shape index (κ1) is 22.5. The number of aryl methyl sites for hydroxylation is 4. The Morgan fingerprint density at radius 2 is 1.80 bits per heavy atom. The van der Waals surface area contributed by atoms with E-state index in [1.54, 1.807) is 23.1 Å². The summed E-state index contributed by atoms with van der Waals surface area (Å²) in [6.45, 7) is 11.3. The van der Waals surface area contributed by atoms with Crippen LogP contribution in [-0.4, -0.2) is 62.0 Å². The average molecular weight is 435 g/mol. The highest BCUT2D eigenvalue weighted by atomic mass is 32.2. The van der Waals surface area contributed by atoms with Crippen LogP contribution in [0.5, 0.6) is 0 Å². The summed E-state index contributed by atoms with van der Waals surface area (Å²) in [5, 5.41) is 3.99. The van der Waals surface area contributed by atoms with Gasteiger partial charge in [-0.1, -0.05) is 11.2 Å². The molecule has 1 aliphatic rings. The van der Waals surface area contributed by atoms with Crippen molar-refractivity contribution in [3.05, 3.63) is 46.3 Å². The van der Waals surface area contributed by atoms with E-state index in [1.807, 2.05) is 27.7 Å². The number of carbonyl (C=O) groups is 1. The average Bonchev–Trinajstić information content (AvgIpc) is 3.02. The van der Waals surface area contributed by atoms with E-state index in [0.29, 0.717) is 13.1 Å². The summed E-state index contributed by atoms with van der Waals surface area (Å²) in [6, 6.07) is 5.03. The highest BCUT2D eigenvalue weighted by molar-refractivity contribution is 7.89. The fraction of sp³-hybridized carbons (Fsp3) is 0.524. The number of sulfonamides is 1. The third-order valence-corrected chi connectivity index (χ3v) is 7.17. The molecule has 30 heavy (non-hydrogen) atoms. The highest BCUT2D eigenvalue weighted by Gasteiger charge is 2.23. The predicted octanol–water partition coefficient (Wildman–Crippen LogP) is 1.92. The van der Waals surface area contributed by atoms with Crippen LogP contribution < -0.4 is 4.72 Å². The number of rotatable bonds is 7. The molecule has 8 nitrogen and oxygen atoms in total. The van der Waals surface area contributed by atoms with Gasteiger partial charge in [-0.25, -0.2) is 13.1 Å². The van der Waals surface area contributed by atoms with Gasteiger partial charge >= 0.3 is 0 Å². The first-order chi connectivity index (χ1) is 14.2. The fourth-order valence-electron chi connectivity index (χ4n) is 3.52. The van der Waals surface area contributed by atoms with Crippen LogP contribution in [0.2, 0.25) is 0 Å². The molecule has 1 N–H and O–H groups in total. The van der Waals surface area contributed by atoms with Gasteiger partial charge in [0.1, 0.15) is 5.76 Å². The Hall–Kier alpha value is -2.23. The minimum absolute atomic E-state index is 0.0326. The van der Waals surface area contributed by atoms with Gasteiger partial charge in [0.05, 0.1) is 10.6 Å². The summed E-state index contributed by atoms with van der Waals surface area (Å²) in [5.41, 5.74) is 3.97. The van der Waals surface area contributed by atoms with Crippen molar-refractivity contribution >= 4 is 15.9 Å². The van der Waals surface area contributed by atoms with Crippen LogP contribution in [0.4, 0.5) is 0 Å². The molecule has 0 unspecified atom stereocenters. The maximum atomic E-state index is 12.5. The van der Waals surface area contributed by atoms with Gasteiger partial charge in [0.15, 0.2) is 0 Å². The molecule has 0 atom stereocenters. The number of nitrogens with zero attached hydrogens (tertiary/aromatic N) is 3. The van der Waals surface area contributed by atoms with Gasteiger partial charge in [0.2, 0.25) is 15.9 Å². The predicted molar refractivity (Wildman–Crippen MR) is 114 cm³/mol. The standard InChI is InChI=1S/C21H30N4O4S/c1-15-5-6-19(13-16(15)2)30(27,28)22-8-7-21(26)25-11-9-24(10-12-25)14-20-17(3)23-29-18(20)4/h5-6,13,22H,7-12,14H2,1-4H3. The lowest BCUT2D eigenvalue weighted by Crippen LogP contribution is -2.48. The Bertz CT molecular complexity index is 989. The molecule has 1 aliphatic heterocycles. The Balaban J connectivity index is 1.45. The topological polar surface area (TPSA) is 95.8 Å². The SMILES string of the molecule is Cc1ccc(S(=O)(=O)NCCC(=O)N2CCN(Cc3c(C)noc3C)CC2)cc1C. The van der Waals surface area contributed by atoms with E-state index in [-0.39, 0.29) is 23.8 Å². The zero-order valence-corrected chi connectivity index (χ0v) is 18.9. The third-order valence-electron chi connectivity index (χ3n) is 5.71. The maximum Gasteiger partial charge on any atom is 0.240 e. The largest absolute Gasteiger partial charge is 0.361 e. The molecule has 0 bridgehead atoms. The molecule has 0 spiro atoms. The lowest BCUT2D eigenvalue weighted by Gasteiger charge is -2.34. The molecular formula is C21H30N4O4S. The van der Waals surface area contributed by atoms with Gasteiger partial charge in [0, 0.05) is 51.3 Å². The molecule has 1 aromatic carbocycles. The summed E-state index contributed by atoms with van der Waals surface area (Å²) < 4.78 is 32.6. The molecule has 1 saturated heterocycles. The van der Waals surface area contributed by atoms with Gasteiger partial charge < -0.3 is 9.42 Å². The first-order valence-corrected chi connectivity index (χ1v) is 11.6. The molecule has 2 aromatic rings. The van der Waals surface area contributed by atoms with Crippen LogP contribution in [-0.2, 0) is 21.4 Å². The van der Waals surface area contributed by atoms with Crippen LogP contribution in [0.1, 0.15) is 34.6 Å². The second-order valence-electron chi connectivity index (χ2n) is 7.85. The van der Waals surface area contributed by atoms with Crippen LogP contribution in [0.15, 0.2) is 27.6 Å². The molecular weight excluding hydrogens is 404 g/mol. The van der Waals surface area contributed by atoms with E-state index >= 15 is 0 Å². The highest BCUT2D eigenvalue weighted by Crippen LogP contribution is 2.17. The summed E-state index contributed by atoms with van der Waals surface area (Å²) in [6.07, 6.45) is 0.147. The van der Waals surface area contributed by atoms with Crippen molar-refractivity contribution in [2.24, 2.45) is 0 Å². The molecule has 1 aromatic heterocycles. The molecule has 3 rings (SSSR count). The van der Waals surface area contributed by atoms with Crippen LogP contribution >= 0.6 is 0 Å². The van der Waals surface area contributed by atoms with E-state index in [0.717, 1.165) is 47.8 Å². The van der Waals surface area contributed by atoms with Crippen molar-refractivity contribution in [2.75, 3.05) is 32.7 Å². The molecule has 0 radical (unpaired) electrons. The van der Waals surface area contributed by atoms with E-state index < -0.39 is 10.0 Å². The van der Waals surface area contributed by atoms with Gasteiger partial charge in [-0.15, -0.1) is 0 Å². The number of aromatic nitrogens is 1. The van der Waals surface area contributed by atoms with E-state index in [4.69, 9.17) is 4.52 Å². The number of hydrogen-bond donors (Lipinski definition) is 1. The van der Waals surface area contributed by atoms with Crippen molar-refractivity contribution in [1.29, 1.82) is 0 Å². The summed E-state index contributed by atoms with van der Waals surface area (Å²) in [4.78, 5) is 16.8.